The van der Waals surface area contributed by atoms with E-state index in [0.29, 0.717) is 0 Å². The van der Waals surface area contributed by atoms with E-state index in [2.05, 4.69) is 5.43 Å². The molecule has 3 nitrogen and oxygen atoms in total. The van der Waals surface area contributed by atoms with Crippen molar-refractivity contribution in [3.63, 3.8) is 0 Å². The number of nitrogens with one attached hydrogen (secondary N) is 1. The molecule has 0 spiro atoms. The topological polar surface area (TPSA) is 32.1 Å². The molecule has 0 atom stereocenters. The molecule has 0 aromatic heterocycles. The third kappa shape index (κ3) is 0.687. The second-order valence-corrected chi connectivity index (χ2v) is 1.20. The molecule has 1 saturated heterocycles. The van der Waals surface area contributed by atoms with Crippen molar-refractivity contribution in [3.8, 4) is 0 Å². The average Bonchev–Trinajstić information content (AvgIpc) is 2.21. The Bertz CT molecular complexity index is 59.8. The largest absolute Gasteiger partial charge is 0.324 e. The molecule has 1 rings (SSSR count). The van der Waals surface area contributed by atoms with Gasteiger partial charge in [-0.05, 0) is 0 Å². The summed E-state index contributed by atoms with van der Waals surface area (Å²) in [6.07, 6.45) is 1.56. The second kappa shape index (κ2) is 1.26. The van der Waals surface area contributed by atoms with Crippen LogP contribution in [0.1, 0.15) is 0 Å². The molecule has 0 bridgehead atoms. The first-order chi connectivity index (χ1) is 2.93. The predicted molar refractivity (Wildman–Crippen MR) is 20.4 cm³/mol. The van der Waals surface area contributed by atoms with Crippen molar-refractivity contribution >= 4 is 6.41 Å². The van der Waals surface area contributed by atoms with Crippen LogP contribution in [-0.2, 0) is 4.79 Å². The highest BCUT2D eigenvalue weighted by Crippen LogP contribution is 1.93. The maximum Gasteiger partial charge on any atom is 0.324 e. The van der Waals surface area contributed by atoms with Crippen LogP contribution in [0.15, 0.2) is 0 Å². The van der Waals surface area contributed by atoms with E-state index in [1.165, 1.54) is 0 Å². The summed E-state index contributed by atoms with van der Waals surface area (Å²) in [6.45, 7) is 1.96. The lowest BCUT2D eigenvalue weighted by Crippen LogP contribution is -2.17. The van der Waals surface area contributed by atoms with Gasteiger partial charge in [-0.2, -0.15) is 0 Å². The van der Waals surface area contributed by atoms with Gasteiger partial charge >= 0.3 is 6.41 Å². The second-order valence-electron chi connectivity index (χ2n) is 1.20. The number of nitrogens with zero attached hydrogens (tertiary/aromatic N) is 1. The first-order valence-corrected chi connectivity index (χ1v) is 1.81. The molecule has 0 unspecified atom stereocenters. The third-order valence-electron chi connectivity index (χ3n) is 0.651. The lowest BCUT2D eigenvalue weighted by atomic mass is 11.0. The number of amides is 1. The molecule has 1 fully saturated rings. The molecule has 0 aromatic carbocycles. The van der Waals surface area contributed by atoms with E-state index < -0.39 is 0 Å². The minimum Gasteiger partial charge on any atom is -0.280 e. The molecule has 6 heavy (non-hydrogen) atoms. The van der Waals surface area contributed by atoms with Crippen molar-refractivity contribution in [1.29, 1.82) is 0 Å². The van der Waals surface area contributed by atoms with Crippen molar-refractivity contribution in [2.24, 2.45) is 0 Å². The lowest BCUT2D eigenvalue weighted by Gasteiger charge is -1.86. The van der Waals surface area contributed by atoms with Crippen LogP contribution in [0, 0.1) is 0 Å². The Morgan fingerprint density at radius 1 is 1.67 bits per heavy atom. The molecular weight excluding hydrogens is 80.0 g/mol. The molecule has 0 aliphatic carbocycles. The monoisotopic (exact) mass is 85.0 g/mol. The Kier molecular flexibility index (Phi) is 0.759. The molecule has 1 radical (unpaired) electrons. The van der Waals surface area contributed by atoms with Crippen molar-refractivity contribution in [2.75, 3.05) is 13.1 Å². The third-order valence-corrected chi connectivity index (χ3v) is 0.651. The summed E-state index contributed by atoms with van der Waals surface area (Å²) in [5, 5.41) is 1.76. The van der Waals surface area contributed by atoms with Crippen LogP contribution < -0.4 is 5.43 Å². The maximum absolute atomic E-state index is 9.38. The number of hydrazine groups is 1. The van der Waals surface area contributed by atoms with Gasteiger partial charge in [0, 0.05) is 13.1 Å². The maximum atomic E-state index is 9.38. The summed E-state index contributed by atoms with van der Waals surface area (Å²) < 4.78 is 0. The number of rotatable bonds is 2. The summed E-state index contributed by atoms with van der Waals surface area (Å²) in [5.41, 5.74) is 2.35. The van der Waals surface area contributed by atoms with E-state index in [1.807, 2.05) is 0 Å². The number of hydrogen-bond acceptors (Lipinski definition) is 2. The lowest BCUT2D eigenvalue weighted by molar-refractivity contribution is 0.459. The SMILES string of the molecule is O=[C]NN1CC1. The van der Waals surface area contributed by atoms with Gasteiger partial charge < -0.3 is 0 Å². The van der Waals surface area contributed by atoms with Gasteiger partial charge in [0.15, 0.2) is 0 Å². The summed E-state index contributed by atoms with van der Waals surface area (Å²) >= 11 is 0. The Morgan fingerprint density at radius 2 is 2.33 bits per heavy atom. The van der Waals surface area contributed by atoms with Gasteiger partial charge in [0.1, 0.15) is 0 Å². The fourth-order valence-corrected chi connectivity index (χ4v) is 0.226. The van der Waals surface area contributed by atoms with Gasteiger partial charge in [0.25, 0.3) is 0 Å². The standard InChI is InChI=1S/C3H5N2O/c6-3-4-5-1-2-5/h1-2H2,(H,4,6). The molecule has 3 heteroatoms. The fraction of sp³-hybridized carbons (Fsp3) is 0.667. The summed E-state index contributed by atoms with van der Waals surface area (Å²) in [5.74, 6) is 0. The predicted octanol–water partition coefficient (Wildman–Crippen LogP) is -1.13. The van der Waals surface area contributed by atoms with Gasteiger partial charge in [-0.25, -0.2) is 5.01 Å². The van der Waals surface area contributed by atoms with E-state index in [-0.39, 0.29) is 0 Å². The van der Waals surface area contributed by atoms with E-state index in [1.54, 1.807) is 11.4 Å². The fourth-order valence-electron chi connectivity index (χ4n) is 0.226. The molecule has 1 amide bonds. The van der Waals surface area contributed by atoms with Crippen LogP contribution in [-0.4, -0.2) is 24.5 Å². The smallest absolute Gasteiger partial charge is 0.280 e. The molecule has 1 aliphatic rings. The molecule has 1 heterocycles. The Labute approximate surface area is 35.9 Å². The molecule has 1 N–H and O–H groups in total. The van der Waals surface area contributed by atoms with Gasteiger partial charge in [-0.15, -0.1) is 0 Å². The van der Waals surface area contributed by atoms with E-state index >= 15 is 0 Å². The van der Waals surface area contributed by atoms with Crippen molar-refractivity contribution in [2.45, 2.75) is 0 Å². The quantitative estimate of drug-likeness (QED) is 0.340. The summed E-state index contributed by atoms with van der Waals surface area (Å²) in [4.78, 5) is 9.38. The van der Waals surface area contributed by atoms with E-state index in [4.69, 9.17) is 0 Å². The highest BCUT2D eigenvalue weighted by Gasteiger charge is 2.14. The normalized spacial score (nSPS) is 20.0. The molecule has 0 saturated carbocycles. The molecule has 1 aliphatic heterocycles. The number of hydrogen-bond donors (Lipinski definition) is 1. The highest BCUT2D eigenvalue weighted by atomic mass is 16.1. The van der Waals surface area contributed by atoms with Crippen molar-refractivity contribution in [3.05, 3.63) is 0 Å². The van der Waals surface area contributed by atoms with Crippen LogP contribution in [0.2, 0.25) is 0 Å². The summed E-state index contributed by atoms with van der Waals surface area (Å²) in [6, 6.07) is 0. The van der Waals surface area contributed by atoms with Crippen molar-refractivity contribution < 1.29 is 4.79 Å². The van der Waals surface area contributed by atoms with Gasteiger partial charge in [-0.1, -0.05) is 0 Å². The van der Waals surface area contributed by atoms with Crippen LogP contribution >= 0.6 is 0 Å². The van der Waals surface area contributed by atoms with E-state index in [9.17, 15) is 4.79 Å². The van der Waals surface area contributed by atoms with Crippen LogP contribution in [0.4, 0.5) is 0 Å². The molecule has 33 valence electrons. The highest BCUT2D eigenvalue weighted by molar-refractivity contribution is 5.46. The first kappa shape index (κ1) is 3.61. The van der Waals surface area contributed by atoms with Crippen LogP contribution in [0.25, 0.3) is 0 Å². The zero-order valence-electron chi connectivity index (χ0n) is 3.27. The number of carbonyl (C=O) groups excluding carboxylic acids is 1. The zero-order chi connectivity index (χ0) is 4.41. The minimum absolute atomic E-state index is 0.981. The van der Waals surface area contributed by atoms with Gasteiger partial charge in [-0.3, -0.25) is 10.2 Å². The minimum atomic E-state index is 0.981. The van der Waals surface area contributed by atoms with Crippen molar-refractivity contribution in [1.82, 2.24) is 10.4 Å². The average molecular weight is 85.1 g/mol. The first-order valence-electron chi connectivity index (χ1n) is 1.81. The van der Waals surface area contributed by atoms with E-state index in [0.717, 1.165) is 13.1 Å². The molecular formula is C3H5N2O. The Morgan fingerprint density at radius 3 is 2.50 bits per heavy atom. The van der Waals surface area contributed by atoms with Crippen LogP contribution in [0.3, 0.4) is 0 Å². The zero-order valence-corrected chi connectivity index (χ0v) is 3.27. The van der Waals surface area contributed by atoms with Crippen LogP contribution in [0.5, 0.6) is 0 Å². The molecule has 0 aromatic rings. The summed E-state index contributed by atoms with van der Waals surface area (Å²) in [7, 11) is 0. The van der Waals surface area contributed by atoms with Gasteiger partial charge in [0.05, 0.1) is 0 Å². The Hall–Kier alpha value is -0.570. The van der Waals surface area contributed by atoms with Gasteiger partial charge in [0.2, 0.25) is 0 Å². The Balaban J connectivity index is 2.00.